The van der Waals surface area contributed by atoms with Crippen LogP contribution in [-0.4, -0.2) is 71.1 Å². The molecule has 0 unspecified atom stereocenters. The molecule has 0 spiro atoms. The first-order chi connectivity index (χ1) is 11.6. The third kappa shape index (κ3) is 3.23. The van der Waals surface area contributed by atoms with Crippen molar-refractivity contribution in [3.8, 4) is 0 Å². The van der Waals surface area contributed by atoms with Gasteiger partial charge in [-0.25, -0.2) is 4.79 Å². The highest BCUT2D eigenvalue weighted by Crippen LogP contribution is 2.31. The number of imide groups is 1. The number of nitrogens with one attached hydrogen (secondary N) is 1. The molecule has 10 heteroatoms. The van der Waals surface area contributed by atoms with Crippen LogP contribution in [0, 0.1) is 0 Å². The zero-order valence-electron chi connectivity index (χ0n) is 13.4. The van der Waals surface area contributed by atoms with E-state index in [0.29, 0.717) is 37.7 Å². The molecule has 0 radical (unpaired) electrons. The van der Waals surface area contributed by atoms with Crippen LogP contribution in [0.5, 0.6) is 0 Å². The number of amides is 4. The maximum atomic E-state index is 12.5. The topological polar surface area (TPSA) is 118 Å². The summed E-state index contributed by atoms with van der Waals surface area (Å²) in [4.78, 5) is 42.5. The summed E-state index contributed by atoms with van der Waals surface area (Å²) < 4.78 is 10.2. The Morgan fingerprint density at radius 1 is 1.46 bits per heavy atom. The lowest BCUT2D eigenvalue weighted by Crippen LogP contribution is -2.42. The lowest BCUT2D eigenvalue weighted by atomic mass is 10.2. The number of carbonyl (C=O) groups is 3. The number of hydrogen-bond acceptors (Lipinski definition) is 7. The van der Waals surface area contributed by atoms with Gasteiger partial charge in [0.15, 0.2) is 5.82 Å². The van der Waals surface area contributed by atoms with Gasteiger partial charge in [-0.3, -0.25) is 14.5 Å². The monoisotopic (exact) mass is 337 g/mol. The van der Waals surface area contributed by atoms with Gasteiger partial charge in [0.1, 0.15) is 12.6 Å². The smallest absolute Gasteiger partial charge is 0.325 e. The van der Waals surface area contributed by atoms with Gasteiger partial charge in [0, 0.05) is 20.1 Å². The van der Waals surface area contributed by atoms with Gasteiger partial charge in [0.25, 0.3) is 5.91 Å². The van der Waals surface area contributed by atoms with E-state index in [9.17, 15) is 14.4 Å². The highest BCUT2D eigenvalue weighted by Gasteiger charge is 2.37. The molecule has 0 aromatic carbocycles. The number of ether oxygens (including phenoxy) is 1. The summed E-state index contributed by atoms with van der Waals surface area (Å²) in [6, 6.07) is -0.856. The molecule has 0 bridgehead atoms. The van der Waals surface area contributed by atoms with Crippen molar-refractivity contribution in [3.05, 3.63) is 11.7 Å². The number of aromatic nitrogens is 2. The van der Waals surface area contributed by atoms with Gasteiger partial charge in [-0.05, 0) is 12.8 Å². The average Bonchev–Trinajstić information content (AvgIpc) is 3.28. The van der Waals surface area contributed by atoms with Crippen LogP contribution in [0.1, 0.15) is 30.6 Å². The number of hydrogen-bond donors (Lipinski definition) is 1. The Morgan fingerprint density at radius 2 is 2.29 bits per heavy atom. The number of methoxy groups -OCH3 is 1. The first kappa shape index (κ1) is 16.4. The highest BCUT2D eigenvalue weighted by molar-refractivity contribution is 6.04. The van der Waals surface area contributed by atoms with Crippen molar-refractivity contribution in [1.82, 2.24) is 25.3 Å². The minimum Gasteiger partial charge on any atom is -0.384 e. The molecular weight excluding hydrogens is 318 g/mol. The standard InChI is InChI=1S/C14H19N5O5/c1-23-6-4-10-16-13(24-17-10)9-3-2-5-18(9)12(21)8-19-11(20)7-15-14(19)22/h9H,2-8H2,1H3,(H,15,22)/t9-/m0/s1. The number of rotatable bonds is 6. The van der Waals surface area contributed by atoms with Crippen LogP contribution in [-0.2, 0) is 20.7 Å². The van der Waals surface area contributed by atoms with Crippen LogP contribution < -0.4 is 5.32 Å². The molecule has 1 N–H and O–H groups in total. The van der Waals surface area contributed by atoms with Crippen molar-refractivity contribution in [3.63, 3.8) is 0 Å². The summed E-state index contributed by atoms with van der Waals surface area (Å²) in [6.07, 6.45) is 2.03. The Balaban J connectivity index is 1.66. The van der Waals surface area contributed by atoms with Crippen molar-refractivity contribution in [2.24, 2.45) is 0 Å². The van der Waals surface area contributed by atoms with E-state index in [1.54, 1.807) is 12.0 Å². The lowest BCUT2D eigenvalue weighted by molar-refractivity contribution is -0.137. The van der Waals surface area contributed by atoms with E-state index in [-0.39, 0.29) is 25.0 Å². The number of nitrogens with zero attached hydrogens (tertiary/aromatic N) is 4. The Hall–Kier alpha value is -2.49. The Morgan fingerprint density at radius 3 is 3.00 bits per heavy atom. The summed E-state index contributed by atoms with van der Waals surface area (Å²) >= 11 is 0. The first-order valence-electron chi connectivity index (χ1n) is 7.79. The van der Waals surface area contributed by atoms with Crippen molar-refractivity contribution < 1.29 is 23.6 Å². The van der Waals surface area contributed by atoms with E-state index < -0.39 is 11.9 Å². The molecule has 3 heterocycles. The molecule has 3 rings (SSSR count). The van der Waals surface area contributed by atoms with Crippen LogP contribution in [0.25, 0.3) is 0 Å². The molecule has 0 saturated carbocycles. The molecule has 24 heavy (non-hydrogen) atoms. The normalized spacial score (nSPS) is 20.8. The van der Waals surface area contributed by atoms with Crippen molar-refractivity contribution >= 4 is 17.8 Å². The summed E-state index contributed by atoms with van der Waals surface area (Å²) in [5.74, 6) is 0.202. The molecule has 0 aliphatic carbocycles. The second kappa shape index (κ2) is 6.95. The van der Waals surface area contributed by atoms with E-state index >= 15 is 0 Å². The molecule has 2 fully saturated rings. The molecule has 130 valence electrons. The van der Waals surface area contributed by atoms with Gasteiger partial charge in [-0.1, -0.05) is 5.16 Å². The highest BCUT2D eigenvalue weighted by atomic mass is 16.5. The number of likely N-dealkylation sites (tertiary alicyclic amines) is 1. The molecule has 1 aromatic rings. The molecule has 4 amide bonds. The van der Waals surface area contributed by atoms with Gasteiger partial charge in [-0.15, -0.1) is 0 Å². The van der Waals surface area contributed by atoms with Crippen LogP contribution in [0.2, 0.25) is 0 Å². The second-order valence-electron chi connectivity index (χ2n) is 5.68. The van der Waals surface area contributed by atoms with Gasteiger partial charge in [-0.2, -0.15) is 4.98 Å². The van der Waals surface area contributed by atoms with Gasteiger partial charge >= 0.3 is 6.03 Å². The largest absolute Gasteiger partial charge is 0.384 e. The first-order valence-corrected chi connectivity index (χ1v) is 7.79. The molecule has 2 saturated heterocycles. The molecule has 2 aliphatic heterocycles. The van der Waals surface area contributed by atoms with Crippen LogP contribution in [0.4, 0.5) is 4.79 Å². The molecule has 1 atom stereocenters. The molecular formula is C14H19N5O5. The molecule has 1 aromatic heterocycles. The van der Waals surface area contributed by atoms with Crippen molar-refractivity contribution in [1.29, 1.82) is 0 Å². The minimum absolute atomic E-state index is 0.0674. The zero-order valence-corrected chi connectivity index (χ0v) is 13.4. The van der Waals surface area contributed by atoms with Crippen LogP contribution in [0.3, 0.4) is 0 Å². The summed E-state index contributed by atoms with van der Waals surface area (Å²) in [6.45, 7) is 0.676. The third-order valence-corrected chi connectivity index (χ3v) is 4.10. The predicted molar refractivity (Wildman–Crippen MR) is 78.7 cm³/mol. The fourth-order valence-electron chi connectivity index (χ4n) is 2.86. The molecule has 10 nitrogen and oxygen atoms in total. The fourth-order valence-corrected chi connectivity index (χ4v) is 2.86. The van der Waals surface area contributed by atoms with Gasteiger partial charge in [0.05, 0.1) is 13.2 Å². The quantitative estimate of drug-likeness (QED) is 0.694. The Labute approximate surface area is 138 Å². The zero-order chi connectivity index (χ0) is 17.1. The third-order valence-electron chi connectivity index (χ3n) is 4.10. The van der Waals surface area contributed by atoms with E-state index in [2.05, 4.69) is 15.5 Å². The average molecular weight is 337 g/mol. The summed E-state index contributed by atoms with van der Waals surface area (Å²) in [5.41, 5.74) is 0. The number of carbonyl (C=O) groups excluding carboxylic acids is 3. The van der Waals surface area contributed by atoms with E-state index in [4.69, 9.17) is 9.26 Å². The Bertz CT molecular complexity index is 629. The van der Waals surface area contributed by atoms with Crippen molar-refractivity contribution in [2.45, 2.75) is 25.3 Å². The van der Waals surface area contributed by atoms with Crippen LogP contribution in [0.15, 0.2) is 4.52 Å². The van der Waals surface area contributed by atoms with E-state index in [1.165, 1.54) is 0 Å². The SMILES string of the molecule is COCCc1noc([C@@H]2CCCN2C(=O)CN2C(=O)CNC2=O)n1. The van der Waals surface area contributed by atoms with Gasteiger partial charge in [0.2, 0.25) is 11.8 Å². The van der Waals surface area contributed by atoms with Crippen LogP contribution >= 0.6 is 0 Å². The summed E-state index contributed by atoms with van der Waals surface area (Å²) in [5, 5.41) is 6.28. The predicted octanol–water partition coefficient (Wildman–Crippen LogP) is -0.526. The van der Waals surface area contributed by atoms with Gasteiger partial charge < -0.3 is 19.5 Å². The maximum Gasteiger partial charge on any atom is 0.325 e. The molecule has 2 aliphatic rings. The lowest BCUT2D eigenvalue weighted by Gasteiger charge is -2.23. The summed E-state index contributed by atoms with van der Waals surface area (Å²) in [7, 11) is 1.59. The second-order valence-corrected chi connectivity index (χ2v) is 5.68. The Kier molecular flexibility index (Phi) is 4.74. The van der Waals surface area contributed by atoms with E-state index in [0.717, 1.165) is 11.3 Å². The number of urea groups is 1. The maximum absolute atomic E-state index is 12.5. The minimum atomic E-state index is -0.538. The van der Waals surface area contributed by atoms with Crippen molar-refractivity contribution in [2.75, 3.05) is 33.4 Å². The fraction of sp³-hybridized carbons (Fsp3) is 0.643. The van der Waals surface area contributed by atoms with E-state index in [1.807, 2.05) is 0 Å².